The highest BCUT2D eigenvalue weighted by Gasteiger charge is 2.17. The molecule has 0 aliphatic heterocycles. The van der Waals surface area contributed by atoms with Crippen LogP contribution in [0.5, 0.6) is 17.2 Å². The Kier molecular flexibility index (Phi) is 5.09. The Balaban J connectivity index is 2.11. The number of pyridine rings is 1. The van der Waals surface area contributed by atoms with Crippen LogP contribution in [0.4, 0.5) is 5.69 Å². The fraction of sp³-hybridized carbons (Fsp3) is 0.111. The van der Waals surface area contributed by atoms with Gasteiger partial charge in [0.1, 0.15) is 22.3 Å². The molecule has 0 fully saturated rings. The van der Waals surface area contributed by atoms with Crippen molar-refractivity contribution < 1.29 is 19.2 Å². The highest BCUT2D eigenvalue weighted by atomic mass is 35.5. The molecule has 0 unspecified atom stereocenters. The van der Waals surface area contributed by atoms with E-state index in [4.69, 9.17) is 21.1 Å². The van der Waals surface area contributed by atoms with Crippen molar-refractivity contribution in [3.05, 3.63) is 63.3 Å². The number of nitrogens with zero attached hydrogens (tertiary/aromatic N) is 2. The number of aromatic nitrogens is 1. The van der Waals surface area contributed by atoms with Gasteiger partial charge in [-0.25, -0.2) is 0 Å². The molecule has 1 N–H and O–H groups in total. The Labute approximate surface area is 158 Å². The van der Waals surface area contributed by atoms with E-state index in [2.05, 4.69) is 10.3 Å². The average molecular weight is 388 g/mol. The first-order chi connectivity index (χ1) is 12.9. The Morgan fingerprint density at radius 3 is 2.67 bits per heavy atom. The van der Waals surface area contributed by atoms with Gasteiger partial charge in [0.25, 0.3) is 11.6 Å². The predicted molar refractivity (Wildman–Crippen MR) is 99.9 cm³/mol. The molecule has 3 aromatic rings. The number of methoxy groups -OCH3 is 1. The summed E-state index contributed by atoms with van der Waals surface area (Å²) in [6.07, 6.45) is 1.53. The van der Waals surface area contributed by atoms with Gasteiger partial charge in [-0.15, -0.1) is 0 Å². The molecule has 1 amide bonds. The van der Waals surface area contributed by atoms with E-state index in [1.54, 1.807) is 18.2 Å². The molecule has 0 aliphatic rings. The van der Waals surface area contributed by atoms with Gasteiger partial charge >= 0.3 is 0 Å². The summed E-state index contributed by atoms with van der Waals surface area (Å²) in [4.78, 5) is 26.8. The molecule has 0 spiro atoms. The number of nitro groups is 1. The van der Waals surface area contributed by atoms with E-state index >= 15 is 0 Å². The minimum absolute atomic E-state index is 0.0126. The van der Waals surface area contributed by atoms with E-state index in [-0.39, 0.29) is 22.4 Å². The SMILES string of the molecule is CNC(=O)c1cc2c(Oc3ccc(Cl)c([N+](=O)[O-])c3)ccnc2cc1OC. The molecule has 9 heteroatoms. The van der Waals surface area contributed by atoms with Crippen LogP contribution in [0.3, 0.4) is 0 Å². The van der Waals surface area contributed by atoms with Crippen LogP contribution < -0.4 is 14.8 Å². The zero-order valence-corrected chi connectivity index (χ0v) is 15.1. The third kappa shape index (κ3) is 3.61. The van der Waals surface area contributed by atoms with Crippen LogP contribution in [0, 0.1) is 10.1 Å². The number of halogens is 1. The molecule has 0 radical (unpaired) electrons. The minimum Gasteiger partial charge on any atom is -0.496 e. The molecule has 0 atom stereocenters. The Morgan fingerprint density at radius 1 is 1.22 bits per heavy atom. The number of hydrogen-bond acceptors (Lipinski definition) is 6. The van der Waals surface area contributed by atoms with Gasteiger partial charge in [0.2, 0.25) is 0 Å². The van der Waals surface area contributed by atoms with Crippen molar-refractivity contribution in [1.29, 1.82) is 0 Å². The lowest BCUT2D eigenvalue weighted by Gasteiger charge is -2.12. The summed E-state index contributed by atoms with van der Waals surface area (Å²) in [7, 11) is 2.97. The van der Waals surface area contributed by atoms with Crippen molar-refractivity contribution in [3.8, 4) is 17.2 Å². The maximum atomic E-state index is 12.1. The highest BCUT2D eigenvalue weighted by molar-refractivity contribution is 6.32. The van der Waals surface area contributed by atoms with E-state index in [0.717, 1.165) is 0 Å². The third-order valence-corrected chi connectivity index (χ3v) is 4.16. The number of benzene rings is 2. The second-order valence-corrected chi connectivity index (χ2v) is 5.84. The number of hydrogen-bond donors (Lipinski definition) is 1. The van der Waals surface area contributed by atoms with Crippen LogP contribution in [-0.4, -0.2) is 30.0 Å². The molecule has 1 aromatic heterocycles. The molecular weight excluding hydrogens is 374 g/mol. The highest BCUT2D eigenvalue weighted by Crippen LogP contribution is 2.35. The third-order valence-electron chi connectivity index (χ3n) is 3.84. The average Bonchev–Trinajstić information content (AvgIpc) is 2.67. The monoisotopic (exact) mass is 387 g/mol. The van der Waals surface area contributed by atoms with Crippen LogP contribution in [-0.2, 0) is 0 Å². The van der Waals surface area contributed by atoms with Gasteiger partial charge in [-0.05, 0) is 24.3 Å². The summed E-state index contributed by atoms with van der Waals surface area (Å²) in [5.74, 6) is 0.652. The fourth-order valence-corrected chi connectivity index (χ4v) is 2.73. The number of nitro benzene ring substituents is 1. The summed E-state index contributed by atoms with van der Waals surface area (Å²) < 4.78 is 11.1. The molecule has 0 saturated carbocycles. The van der Waals surface area contributed by atoms with Crippen molar-refractivity contribution in [3.63, 3.8) is 0 Å². The van der Waals surface area contributed by atoms with Crippen LogP contribution in [0.1, 0.15) is 10.4 Å². The summed E-state index contributed by atoms with van der Waals surface area (Å²) >= 11 is 5.83. The number of rotatable bonds is 5. The van der Waals surface area contributed by atoms with Crippen LogP contribution >= 0.6 is 11.6 Å². The lowest BCUT2D eigenvalue weighted by molar-refractivity contribution is -0.384. The fourth-order valence-electron chi connectivity index (χ4n) is 2.54. The largest absolute Gasteiger partial charge is 0.496 e. The van der Waals surface area contributed by atoms with Crippen molar-refractivity contribution in [2.75, 3.05) is 14.2 Å². The van der Waals surface area contributed by atoms with E-state index in [9.17, 15) is 14.9 Å². The second kappa shape index (κ2) is 7.46. The zero-order valence-electron chi connectivity index (χ0n) is 14.4. The van der Waals surface area contributed by atoms with E-state index in [0.29, 0.717) is 28.0 Å². The molecule has 2 aromatic carbocycles. The molecule has 0 aliphatic carbocycles. The molecule has 1 heterocycles. The molecule has 0 bridgehead atoms. The molecule has 27 heavy (non-hydrogen) atoms. The van der Waals surface area contributed by atoms with Gasteiger partial charge in [-0.1, -0.05) is 11.6 Å². The summed E-state index contributed by atoms with van der Waals surface area (Å²) in [6, 6.07) is 8.96. The Morgan fingerprint density at radius 2 is 2.00 bits per heavy atom. The van der Waals surface area contributed by atoms with Crippen molar-refractivity contribution >= 4 is 34.1 Å². The predicted octanol–water partition coefficient (Wildman–Crippen LogP) is 3.96. The van der Waals surface area contributed by atoms with Gasteiger partial charge in [0, 0.05) is 24.7 Å². The molecule has 8 nitrogen and oxygen atoms in total. The summed E-state index contributed by atoms with van der Waals surface area (Å²) in [5, 5.41) is 14.2. The van der Waals surface area contributed by atoms with Gasteiger partial charge in [0.05, 0.1) is 29.2 Å². The molecule has 138 valence electrons. The number of amides is 1. The number of nitrogens with one attached hydrogen (secondary N) is 1. The minimum atomic E-state index is -0.589. The van der Waals surface area contributed by atoms with Gasteiger partial charge in [0.15, 0.2) is 0 Å². The lowest BCUT2D eigenvalue weighted by Crippen LogP contribution is -2.18. The first-order valence-corrected chi connectivity index (χ1v) is 8.13. The van der Waals surface area contributed by atoms with Gasteiger partial charge in [-0.2, -0.15) is 0 Å². The summed E-state index contributed by atoms with van der Waals surface area (Å²) in [5.41, 5.74) is 0.591. The normalized spacial score (nSPS) is 10.5. The van der Waals surface area contributed by atoms with E-state index < -0.39 is 4.92 Å². The molecule has 0 saturated heterocycles. The number of carbonyl (C=O) groups excluding carboxylic acids is 1. The summed E-state index contributed by atoms with van der Waals surface area (Å²) in [6.45, 7) is 0. The van der Waals surface area contributed by atoms with Gasteiger partial charge in [-0.3, -0.25) is 19.9 Å². The number of ether oxygens (including phenoxy) is 2. The number of carbonyl (C=O) groups is 1. The van der Waals surface area contributed by atoms with Crippen molar-refractivity contribution in [2.45, 2.75) is 0 Å². The van der Waals surface area contributed by atoms with Crippen molar-refractivity contribution in [1.82, 2.24) is 10.3 Å². The van der Waals surface area contributed by atoms with Crippen LogP contribution in [0.2, 0.25) is 5.02 Å². The maximum Gasteiger partial charge on any atom is 0.291 e. The molecule has 3 rings (SSSR count). The smallest absolute Gasteiger partial charge is 0.291 e. The molecular formula is C18H14ClN3O5. The number of fused-ring (bicyclic) bond motifs is 1. The Hall–Kier alpha value is -3.39. The van der Waals surface area contributed by atoms with Crippen LogP contribution in [0.25, 0.3) is 10.9 Å². The standard InChI is InChI=1S/C18H14ClN3O5/c1-20-18(23)12-8-11-14(9-17(12)26-2)21-6-5-16(11)27-10-3-4-13(19)15(7-10)22(24)25/h3-9H,1-2H3,(H,20,23). The lowest BCUT2D eigenvalue weighted by atomic mass is 10.1. The first-order valence-electron chi connectivity index (χ1n) is 7.75. The zero-order chi connectivity index (χ0) is 19.6. The van der Waals surface area contributed by atoms with Crippen molar-refractivity contribution in [2.24, 2.45) is 0 Å². The topological polar surface area (TPSA) is 104 Å². The first kappa shape index (κ1) is 18.4. The Bertz CT molecular complexity index is 1050. The second-order valence-electron chi connectivity index (χ2n) is 5.43. The quantitative estimate of drug-likeness (QED) is 0.525. The van der Waals surface area contributed by atoms with Gasteiger partial charge < -0.3 is 14.8 Å². The maximum absolute atomic E-state index is 12.1. The van der Waals surface area contributed by atoms with E-state index in [1.165, 1.54) is 38.6 Å². The van der Waals surface area contributed by atoms with E-state index in [1.807, 2.05) is 0 Å². The van der Waals surface area contributed by atoms with Crippen LogP contribution in [0.15, 0.2) is 42.6 Å².